The van der Waals surface area contributed by atoms with Crippen molar-refractivity contribution in [3.05, 3.63) is 23.8 Å². The zero-order chi connectivity index (χ0) is 15.2. The Morgan fingerprint density at radius 1 is 1.19 bits per heavy atom. The molecular formula is C17H28N2O2. The number of rotatable bonds is 6. The molecule has 1 aromatic rings. The smallest absolute Gasteiger partial charge is 0.143 e. The molecule has 0 amide bonds. The van der Waals surface area contributed by atoms with Gasteiger partial charge in [-0.25, -0.2) is 0 Å². The molecule has 0 atom stereocenters. The highest BCUT2D eigenvalue weighted by Crippen LogP contribution is 2.31. The minimum absolute atomic E-state index is 0.179. The molecule has 1 aliphatic rings. The quantitative estimate of drug-likeness (QED) is 0.874. The van der Waals surface area contributed by atoms with Crippen molar-refractivity contribution in [1.82, 2.24) is 5.32 Å². The van der Waals surface area contributed by atoms with Crippen molar-refractivity contribution in [2.24, 2.45) is 0 Å². The molecule has 2 rings (SSSR count). The third-order valence-corrected chi connectivity index (χ3v) is 3.45. The van der Waals surface area contributed by atoms with Crippen LogP contribution in [0.5, 0.6) is 5.75 Å². The van der Waals surface area contributed by atoms with Crippen LogP contribution in [-0.2, 0) is 11.3 Å². The van der Waals surface area contributed by atoms with Crippen molar-refractivity contribution in [3.8, 4) is 5.75 Å². The molecular weight excluding hydrogens is 264 g/mol. The van der Waals surface area contributed by atoms with Crippen molar-refractivity contribution >= 4 is 5.69 Å². The lowest BCUT2D eigenvalue weighted by Gasteiger charge is -2.31. The van der Waals surface area contributed by atoms with E-state index in [1.807, 2.05) is 0 Å². The number of benzene rings is 1. The van der Waals surface area contributed by atoms with E-state index < -0.39 is 0 Å². The van der Waals surface area contributed by atoms with Crippen LogP contribution in [0.1, 0.15) is 33.3 Å². The van der Waals surface area contributed by atoms with Crippen LogP contribution in [0.2, 0.25) is 0 Å². The van der Waals surface area contributed by atoms with E-state index in [1.54, 1.807) is 0 Å². The summed E-state index contributed by atoms with van der Waals surface area (Å²) in [5.41, 5.74) is 2.44. The highest BCUT2D eigenvalue weighted by molar-refractivity contribution is 5.60. The van der Waals surface area contributed by atoms with E-state index in [-0.39, 0.29) is 6.10 Å². The summed E-state index contributed by atoms with van der Waals surface area (Å²) < 4.78 is 11.5. The van der Waals surface area contributed by atoms with Gasteiger partial charge in [-0.3, -0.25) is 0 Å². The average molecular weight is 292 g/mol. The molecule has 21 heavy (non-hydrogen) atoms. The second kappa shape index (κ2) is 7.66. The van der Waals surface area contributed by atoms with Crippen molar-refractivity contribution in [2.75, 3.05) is 31.2 Å². The first kappa shape index (κ1) is 16.1. The fourth-order valence-corrected chi connectivity index (χ4v) is 2.40. The SMILES string of the molecule is CC(C)NCc1ccc(N2CCOCC2)c(OC(C)C)c1. The molecule has 1 heterocycles. The molecule has 118 valence electrons. The first-order chi connectivity index (χ1) is 10.1. The highest BCUT2D eigenvalue weighted by Gasteiger charge is 2.17. The van der Waals surface area contributed by atoms with Crippen LogP contribution in [0.3, 0.4) is 0 Å². The normalized spacial score (nSPS) is 15.8. The molecule has 0 bridgehead atoms. The lowest BCUT2D eigenvalue weighted by Crippen LogP contribution is -2.36. The molecule has 0 aliphatic carbocycles. The molecule has 0 unspecified atom stereocenters. The van der Waals surface area contributed by atoms with Crippen LogP contribution in [0, 0.1) is 0 Å². The number of morpholine rings is 1. The Hall–Kier alpha value is -1.26. The molecule has 0 radical (unpaired) electrons. The summed E-state index contributed by atoms with van der Waals surface area (Å²) in [5, 5.41) is 3.45. The lowest BCUT2D eigenvalue weighted by molar-refractivity contribution is 0.122. The Bertz CT molecular complexity index is 440. The molecule has 0 spiro atoms. The van der Waals surface area contributed by atoms with E-state index in [1.165, 1.54) is 11.3 Å². The van der Waals surface area contributed by atoms with E-state index in [0.717, 1.165) is 38.6 Å². The number of anilines is 1. The number of nitrogens with zero attached hydrogens (tertiary/aromatic N) is 1. The Labute approximate surface area is 128 Å². The molecule has 1 fully saturated rings. The Kier molecular flexibility index (Phi) is 5.88. The van der Waals surface area contributed by atoms with Crippen LogP contribution < -0.4 is 15.0 Å². The van der Waals surface area contributed by atoms with Gasteiger partial charge in [0.2, 0.25) is 0 Å². The summed E-state index contributed by atoms with van der Waals surface area (Å²) in [6, 6.07) is 7.02. The summed E-state index contributed by atoms with van der Waals surface area (Å²) in [6.07, 6.45) is 0.179. The molecule has 0 aromatic heterocycles. The summed E-state index contributed by atoms with van der Waals surface area (Å²) in [7, 11) is 0. The molecule has 0 saturated carbocycles. The third kappa shape index (κ3) is 4.90. The van der Waals surface area contributed by atoms with Crippen LogP contribution in [0.25, 0.3) is 0 Å². The van der Waals surface area contributed by atoms with Crippen LogP contribution in [-0.4, -0.2) is 38.4 Å². The van der Waals surface area contributed by atoms with Gasteiger partial charge < -0.3 is 19.7 Å². The molecule has 4 nitrogen and oxygen atoms in total. The fraction of sp³-hybridized carbons (Fsp3) is 0.647. The zero-order valence-electron chi connectivity index (χ0n) is 13.7. The molecule has 4 heteroatoms. The van der Waals surface area contributed by atoms with Crippen molar-refractivity contribution in [1.29, 1.82) is 0 Å². The monoisotopic (exact) mass is 292 g/mol. The third-order valence-electron chi connectivity index (χ3n) is 3.45. The number of hydrogen-bond donors (Lipinski definition) is 1. The fourth-order valence-electron chi connectivity index (χ4n) is 2.40. The van der Waals surface area contributed by atoms with Crippen LogP contribution in [0.15, 0.2) is 18.2 Å². The summed E-state index contributed by atoms with van der Waals surface area (Å²) in [5.74, 6) is 0.981. The Morgan fingerprint density at radius 3 is 2.52 bits per heavy atom. The standard InChI is InChI=1S/C17H28N2O2/c1-13(2)18-12-15-5-6-16(17(11-15)21-14(3)4)19-7-9-20-10-8-19/h5-6,11,13-14,18H,7-10,12H2,1-4H3. The predicted molar refractivity (Wildman–Crippen MR) is 87.2 cm³/mol. The average Bonchev–Trinajstić information content (AvgIpc) is 2.45. The van der Waals surface area contributed by atoms with Gasteiger partial charge in [-0.2, -0.15) is 0 Å². The van der Waals surface area contributed by atoms with Gasteiger partial charge in [0.15, 0.2) is 0 Å². The number of hydrogen-bond acceptors (Lipinski definition) is 4. The maximum absolute atomic E-state index is 6.04. The van der Waals surface area contributed by atoms with E-state index in [0.29, 0.717) is 6.04 Å². The van der Waals surface area contributed by atoms with Crippen molar-refractivity contribution in [3.63, 3.8) is 0 Å². The maximum Gasteiger partial charge on any atom is 0.143 e. The topological polar surface area (TPSA) is 33.7 Å². The van der Waals surface area contributed by atoms with Gasteiger partial charge >= 0.3 is 0 Å². The van der Waals surface area contributed by atoms with Crippen LogP contribution in [0.4, 0.5) is 5.69 Å². The summed E-state index contributed by atoms with van der Waals surface area (Å²) in [6.45, 7) is 12.8. The number of nitrogens with one attached hydrogen (secondary N) is 1. The first-order valence-corrected chi connectivity index (χ1v) is 7.92. The summed E-state index contributed by atoms with van der Waals surface area (Å²) >= 11 is 0. The second-order valence-corrected chi connectivity index (χ2v) is 6.10. The second-order valence-electron chi connectivity index (χ2n) is 6.10. The zero-order valence-corrected chi connectivity index (χ0v) is 13.7. The molecule has 1 aromatic carbocycles. The largest absolute Gasteiger partial charge is 0.489 e. The van der Waals surface area contributed by atoms with Crippen LogP contribution >= 0.6 is 0 Å². The van der Waals surface area contributed by atoms with E-state index >= 15 is 0 Å². The predicted octanol–water partition coefficient (Wildman–Crippen LogP) is 2.81. The van der Waals surface area contributed by atoms with Gasteiger partial charge in [0.25, 0.3) is 0 Å². The van der Waals surface area contributed by atoms with Crippen molar-refractivity contribution in [2.45, 2.75) is 46.4 Å². The Balaban J connectivity index is 2.17. The molecule has 1 N–H and O–H groups in total. The molecule has 1 aliphatic heterocycles. The van der Waals surface area contributed by atoms with Gasteiger partial charge in [0.1, 0.15) is 5.75 Å². The first-order valence-electron chi connectivity index (χ1n) is 7.92. The molecule has 1 saturated heterocycles. The number of ether oxygens (including phenoxy) is 2. The van der Waals surface area contributed by atoms with Gasteiger partial charge in [0, 0.05) is 25.7 Å². The van der Waals surface area contributed by atoms with E-state index in [4.69, 9.17) is 9.47 Å². The van der Waals surface area contributed by atoms with E-state index in [9.17, 15) is 0 Å². The van der Waals surface area contributed by atoms with Gasteiger partial charge in [-0.1, -0.05) is 19.9 Å². The lowest BCUT2D eigenvalue weighted by atomic mass is 10.1. The summed E-state index contributed by atoms with van der Waals surface area (Å²) in [4.78, 5) is 2.35. The van der Waals surface area contributed by atoms with E-state index in [2.05, 4.69) is 56.1 Å². The Morgan fingerprint density at radius 2 is 1.90 bits per heavy atom. The minimum atomic E-state index is 0.179. The maximum atomic E-state index is 6.04. The minimum Gasteiger partial charge on any atom is -0.489 e. The van der Waals surface area contributed by atoms with Gasteiger partial charge in [-0.05, 0) is 31.5 Å². The highest BCUT2D eigenvalue weighted by atomic mass is 16.5. The van der Waals surface area contributed by atoms with Gasteiger partial charge in [0.05, 0.1) is 25.0 Å². The van der Waals surface area contributed by atoms with Crippen molar-refractivity contribution < 1.29 is 9.47 Å². The van der Waals surface area contributed by atoms with Gasteiger partial charge in [-0.15, -0.1) is 0 Å².